The van der Waals surface area contributed by atoms with Crippen LogP contribution in [0.25, 0.3) is 0 Å². The average molecular weight is 534 g/mol. The van der Waals surface area contributed by atoms with Crippen LogP contribution in [-0.2, 0) is 16.0 Å². The molecule has 2 N–H and O–H groups in total. The first-order valence-electron chi connectivity index (χ1n) is 10.7. The Bertz CT molecular complexity index is 624. The second-order valence-electron chi connectivity index (χ2n) is 7.55. The van der Waals surface area contributed by atoms with E-state index < -0.39 is 0 Å². The molecule has 0 radical (unpaired) electrons. The lowest BCUT2D eigenvalue weighted by Crippen LogP contribution is -2.44. The van der Waals surface area contributed by atoms with Crippen molar-refractivity contribution in [1.29, 1.82) is 0 Å². The largest absolute Gasteiger partial charge is 0.491 e. The van der Waals surface area contributed by atoms with E-state index in [1.165, 1.54) is 5.56 Å². The van der Waals surface area contributed by atoms with Crippen LogP contribution in [0.15, 0.2) is 23.2 Å². The molecule has 1 aromatic rings. The Morgan fingerprint density at radius 1 is 1.23 bits per heavy atom. The standard InChI is InChI=1S/C22H38N4O3.HI/c1-5-23-22(24-15-19(3)17-26-8-10-28-11-9-26)25-16-20-7-6-18(2)14-21(20)29-13-12-27-4;/h6-7,14,19H,5,8-13,15-17H2,1-4H3,(H2,23,24,25);1H. The van der Waals surface area contributed by atoms with Gasteiger partial charge in [0.05, 0.1) is 26.4 Å². The summed E-state index contributed by atoms with van der Waals surface area (Å²) in [5, 5.41) is 6.82. The summed E-state index contributed by atoms with van der Waals surface area (Å²) in [5.41, 5.74) is 2.25. The lowest BCUT2D eigenvalue weighted by molar-refractivity contribution is 0.0320. The van der Waals surface area contributed by atoms with E-state index in [0.29, 0.717) is 25.7 Å². The minimum Gasteiger partial charge on any atom is -0.491 e. The molecule has 0 amide bonds. The number of hydrogen-bond acceptors (Lipinski definition) is 5. The minimum absolute atomic E-state index is 0. The summed E-state index contributed by atoms with van der Waals surface area (Å²) in [4.78, 5) is 7.24. The number of nitrogens with zero attached hydrogens (tertiary/aromatic N) is 2. The maximum Gasteiger partial charge on any atom is 0.191 e. The van der Waals surface area contributed by atoms with E-state index >= 15 is 0 Å². The molecular weight excluding hydrogens is 495 g/mol. The van der Waals surface area contributed by atoms with Crippen LogP contribution in [-0.4, -0.2) is 77.1 Å². The van der Waals surface area contributed by atoms with Crippen LogP contribution in [0.2, 0.25) is 0 Å². The number of benzene rings is 1. The first-order chi connectivity index (χ1) is 14.1. The van der Waals surface area contributed by atoms with Gasteiger partial charge in [0.2, 0.25) is 0 Å². The van der Waals surface area contributed by atoms with Crippen LogP contribution in [0.4, 0.5) is 0 Å². The molecule has 1 aromatic carbocycles. The zero-order chi connectivity index (χ0) is 20.9. The highest BCUT2D eigenvalue weighted by Crippen LogP contribution is 2.21. The SMILES string of the molecule is CCNC(=NCc1ccc(C)cc1OCCOC)NCC(C)CN1CCOCC1.I. The van der Waals surface area contributed by atoms with Gasteiger partial charge >= 0.3 is 0 Å². The first kappa shape index (κ1) is 26.9. The molecule has 0 aromatic heterocycles. The van der Waals surface area contributed by atoms with Crippen LogP contribution >= 0.6 is 24.0 Å². The summed E-state index contributed by atoms with van der Waals surface area (Å²) in [6.45, 7) is 14.6. The molecule has 172 valence electrons. The monoisotopic (exact) mass is 534 g/mol. The van der Waals surface area contributed by atoms with Crippen molar-refractivity contribution in [3.05, 3.63) is 29.3 Å². The fraction of sp³-hybridized carbons (Fsp3) is 0.682. The highest BCUT2D eigenvalue weighted by molar-refractivity contribution is 14.0. The lowest BCUT2D eigenvalue weighted by atomic mass is 10.1. The van der Waals surface area contributed by atoms with Crippen LogP contribution in [0.5, 0.6) is 5.75 Å². The summed E-state index contributed by atoms with van der Waals surface area (Å²) >= 11 is 0. The van der Waals surface area contributed by atoms with Crippen molar-refractivity contribution in [1.82, 2.24) is 15.5 Å². The number of rotatable bonds is 11. The Morgan fingerprint density at radius 3 is 2.70 bits per heavy atom. The fourth-order valence-electron chi connectivity index (χ4n) is 3.23. The molecule has 1 unspecified atom stereocenters. The van der Waals surface area contributed by atoms with Gasteiger partial charge in [-0.2, -0.15) is 0 Å². The molecule has 30 heavy (non-hydrogen) atoms. The highest BCUT2D eigenvalue weighted by atomic mass is 127. The quantitative estimate of drug-likeness (QED) is 0.197. The van der Waals surface area contributed by atoms with E-state index in [1.54, 1.807) is 7.11 Å². The first-order valence-corrected chi connectivity index (χ1v) is 10.7. The number of halogens is 1. The van der Waals surface area contributed by atoms with Crippen molar-refractivity contribution < 1.29 is 14.2 Å². The van der Waals surface area contributed by atoms with Crippen molar-refractivity contribution >= 4 is 29.9 Å². The third kappa shape index (κ3) is 10.3. The molecule has 0 spiro atoms. The maximum absolute atomic E-state index is 5.88. The number of methoxy groups -OCH3 is 1. The molecule has 0 saturated carbocycles. The van der Waals surface area contributed by atoms with Crippen molar-refractivity contribution in [3.63, 3.8) is 0 Å². The van der Waals surface area contributed by atoms with Crippen LogP contribution < -0.4 is 15.4 Å². The molecule has 7 nitrogen and oxygen atoms in total. The Labute approximate surface area is 199 Å². The van der Waals surface area contributed by atoms with E-state index in [1.807, 2.05) is 0 Å². The molecule has 1 heterocycles. The second kappa shape index (κ2) is 15.7. The van der Waals surface area contributed by atoms with Gasteiger partial charge < -0.3 is 24.8 Å². The van der Waals surface area contributed by atoms with Crippen molar-refractivity contribution in [2.24, 2.45) is 10.9 Å². The van der Waals surface area contributed by atoms with E-state index in [2.05, 4.69) is 54.5 Å². The number of aliphatic imine (C=N–C) groups is 1. The molecule has 1 aliphatic heterocycles. The van der Waals surface area contributed by atoms with E-state index in [0.717, 1.165) is 63.2 Å². The molecule has 0 aliphatic carbocycles. The normalized spacial score (nSPS) is 15.9. The van der Waals surface area contributed by atoms with Gasteiger partial charge in [0.25, 0.3) is 0 Å². The Hall–Kier alpha value is -1.10. The Balaban J connectivity index is 0.00000450. The van der Waals surface area contributed by atoms with E-state index in [4.69, 9.17) is 19.2 Å². The van der Waals surface area contributed by atoms with Crippen molar-refractivity contribution in [2.45, 2.75) is 27.3 Å². The van der Waals surface area contributed by atoms with Crippen LogP contribution in [0.1, 0.15) is 25.0 Å². The van der Waals surface area contributed by atoms with Gasteiger partial charge in [0.1, 0.15) is 12.4 Å². The summed E-state index contributed by atoms with van der Waals surface area (Å²) < 4.78 is 16.4. The van der Waals surface area contributed by atoms with E-state index in [-0.39, 0.29) is 24.0 Å². The Kier molecular flexibility index (Phi) is 14.1. The van der Waals surface area contributed by atoms with Gasteiger partial charge in [-0.15, -0.1) is 24.0 Å². The maximum atomic E-state index is 5.88. The summed E-state index contributed by atoms with van der Waals surface area (Å²) in [5.74, 6) is 2.25. The fourth-order valence-corrected chi connectivity index (χ4v) is 3.23. The highest BCUT2D eigenvalue weighted by Gasteiger charge is 2.14. The molecule has 0 bridgehead atoms. The molecule has 1 atom stereocenters. The zero-order valence-corrected chi connectivity index (χ0v) is 21.2. The van der Waals surface area contributed by atoms with Crippen LogP contribution in [0, 0.1) is 12.8 Å². The molecule has 8 heteroatoms. The topological polar surface area (TPSA) is 67.4 Å². The van der Waals surface area contributed by atoms with Gasteiger partial charge in [-0.3, -0.25) is 4.90 Å². The van der Waals surface area contributed by atoms with E-state index in [9.17, 15) is 0 Å². The predicted molar refractivity (Wildman–Crippen MR) is 133 cm³/mol. The van der Waals surface area contributed by atoms with Gasteiger partial charge in [0.15, 0.2) is 5.96 Å². The zero-order valence-electron chi connectivity index (χ0n) is 18.9. The third-order valence-electron chi connectivity index (χ3n) is 4.81. The summed E-state index contributed by atoms with van der Waals surface area (Å²) in [6.07, 6.45) is 0. The van der Waals surface area contributed by atoms with Gasteiger partial charge in [0, 0.05) is 45.4 Å². The summed E-state index contributed by atoms with van der Waals surface area (Å²) in [7, 11) is 1.68. The average Bonchev–Trinajstić information content (AvgIpc) is 2.72. The summed E-state index contributed by atoms with van der Waals surface area (Å²) in [6, 6.07) is 6.25. The lowest BCUT2D eigenvalue weighted by Gasteiger charge is -2.29. The van der Waals surface area contributed by atoms with Crippen molar-refractivity contribution in [2.75, 3.05) is 66.3 Å². The minimum atomic E-state index is 0. The second-order valence-corrected chi connectivity index (χ2v) is 7.55. The molecule has 2 rings (SSSR count). The molecule has 1 aliphatic rings. The predicted octanol–water partition coefficient (Wildman–Crippen LogP) is 2.66. The van der Waals surface area contributed by atoms with Gasteiger partial charge in [-0.05, 0) is 31.4 Å². The van der Waals surface area contributed by atoms with Crippen molar-refractivity contribution in [3.8, 4) is 5.75 Å². The number of morpholine rings is 1. The number of ether oxygens (including phenoxy) is 3. The number of hydrogen-bond donors (Lipinski definition) is 2. The number of nitrogens with one attached hydrogen (secondary N) is 2. The molecule has 1 saturated heterocycles. The smallest absolute Gasteiger partial charge is 0.191 e. The molecular formula is C22H39IN4O3. The Morgan fingerprint density at radius 2 is 2.00 bits per heavy atom. The van der Waals surface area contributed by atoms with Gasteiger partial charge in [-0.25, -0.2) is 4.99 Å². The van der Waals surface area contributed by atoms with Gasteiger partial charge in [-0.1, -0.05) is 19.1 Å². The molecule has 1 fully saturated rings. The third-order valence-corrected chi connectivity index (χ3v) is 4.81. The number of guanidine groups is 1. The van der Waals surface area contributed by atoms with Crippen LogP contribution in [0.3, 0.4) is 0 Å². The number of aryl methyl sites for hydroxylation is 1.